The number of hydrogen-bond acceptors (Lipinski definition) is 3. The minimum Gasteiger partial charge on any atom is -0.465 e. The highest BCUT2D eigenvalue weighted by atomic mass is 16.3. The third kappa shape index (κ3) is 2.36. The van der Waals surface area contributed by atoms with Crippen LogP contribution in [0.15, 0.2) is 16.5 Å². The van der Waals surface area contributed by atoms with Gasteiger partial charge >= 0.3 is 0 Å². The molecule has 2 atom stereocenters. The molecule has 0 aromatic carbocycles. The van der Waals surface area contributed by atoms with E-state index in [0.29, 0.717) is 5.76 Å². The summed E-state index contributed by atoms with van der Waals surface area (Å²) < 4.78 is 5.38. The molecule has 80 valence electrons. The molecule has 0 aliphatic rings. The van der Waals surface area contributed by atoms with Crippen molar-refractivity contribution in [3.8, 4) is 0 Å². The zero-order valence-corrected chi connectivity index (χ0v) is 9.24. The van der Waals surface area contributed by atoms with Crippen molar-refractivity contribution >= 4 is 0 Å². The van der Waals surface area contributed by atoms with Crippen LogP contribution in [0.5, 0.6) is 0 Å². The maximum absolute atomic E-state index is 9.93. The Hall–Kier alpha value is -0.800. The molecule has 1 aromatic rings. The summed E-state index contributed by atoms with van der Waals surface area (Å²) >= 11 is 0. The third-order valence-corrected chi connectivity index (χ3v) is 2.32. The highest BCUT2D eigenvalue weighted by Crippen LogP contribution is 2.29. The van der Waals surface area contributed by atoms with Crippen molar-refractivity contribution in [3.05, 3.63) is 23.7 Å². The lowest BCUT2D eigenvalue weighted by atomic mass is 9.84. The van der Waals surface area contributed by atoms with E-state index in [1.807, 2.05) is 39.8 Å². The largest absolute Gasteiger partial charge is 0.465 e. The van der Waals surface area contributed by atoms with Gasteiger partial charge in [-0.25, -0.2) is 0 Å². The molecule has 3 nitrogen and oxygen atoms in total. The van der Waals surface area contributed by atoms with Gasteiger partial charge in [-0.1, -0.05) is 20.8 Å². The summed E-state index contributed by atoms with van der Waals surface area (Å²) in [6, 6.07) is 3.21. The molecule has 1 rings (SSSR count). The first-order valence-corrected chi connectivity index (χ1v) is 4.82. The van der Waals surface area contributed by atoms with Crippen LogP contribution in [0.4, 0.5) is 0 Å². The minimum atomic E-state index is -0.604. The molecule has 0 bridgehead atoms. The summed E-state index contributed by atoms with van der Waals surface area (Å²) in [5.74, 6) is 1.46. The molecule has 0 saturated heterocycles. The van der Waals surface area contributed by atoms with Crippen LogP contribution in [-0.2, 0) is 0 Å². The topological polar surface area (TPSA) is 59.4 Å². The average molecular weight is 197 g/mol. The number of aliphatic hydroxyl groups excluding tert-OH is 1. The first-order valence-electron chi connectivity index (χ1n) is 4.82. The molecule has 0 radical (unpaired) electrons. The molecular weight excluding hydrogens is 178 g/mol. The first-order chi connectivity index (χ1) is 6.32. The Morgan fingerprint density at radius 3 is 2.29 bits per heavy atom. The van der Waals surface area contributed by atoms with E-state index in [2.05, 4.69) is 0 Å². The van der Waals surface area contributed by atoms with E-state index in [4.69, 9.17) is 10.2 Å². The number of rotatable bonds is 2. The maximum Gasteiger partial charge on any atom is 0.123 e. The van der Waals surface area contributed by atoms with Gasteiger partial charge in [-0.2, -0.15) is 0 Å². The van der Waals surface area contributed by atoms with Gasteiger partial charge in [0.05, 0.1) is 12.1 Å². The zero-order valence-electron chi connectivity index (χ0n) is 9.24. The SMILES string of the molecule is Cc1ccc([C@@H](N)[C@@H](O)C(C)(C)C)o1. The standard InChI is InChI=1S/C11H19NO2/c1-7-5-6-8(14-7)9(12)10(13)11(2,3)4/h5-6,9-10,13H,12H2,1-4H3/t9-,10-/m1/s1. The molecule has 1 heterocycles. The lowest BCUT2D eigenvalue weighted by Gasteiger charge is -2.29. The molecule has 0 aliphatic carbocycles. The highest BCUT2D eigenvalue weighted by molar-refractivity contribution is 5.11. The van der Waals surface area contributed by atoms with Crippen molar-refractivity contribution in [3.63, 3.8) is 0 Å². The molecular formula is C11H19NO2. The van der Waals surface area contributed by atoms with Gasteiger partial charge in [-0.05, 0) is 24.5 Å². The number of furan rings is 1. The summed E-state index contributed by atoms with van der Waals surface area (Å²) in [6.45, 7) is 7.72. The van der Waals surface area contributed by atoms with Crippen molar-refractivity contribution in [1.29, 1.82) is 0 Å². The van der Waals surface area contributed by atoms with Gasteiger partial charge in [0.25, 0.3) is 0 Å². The van der Waals surface area contributed by atoms with E-state index in [0.717, 1.165) is 5.76 Å². The van der Waals surface area contributed by atoms with Crippen LogP contribution in [0, 0.1) is 12.3 Å². The fourth-order valence-electron chi connectivity index (χ4n) is 1.33. The fraction of sp³-hybridized carbons (Fsp3) is 0.636. The Bertz CT molecular complexity index is 298. The third-order valence-electron chi connectivity index (χ3n) is 2.32. The van der Waals surface area contributed by atoms with E-state index in [1.54, 1.807) is 0 Å². The van der Waals surface area contributed by atoms with Crippen molar-refractivity contribution in [2.45, 2.75) is 39.8 Å². The van der Waals surface area contributed by atoms with Crippen LogP contribution in [0.2, 0.25) is 0 Å². The van der Waals surface area contributed by atoms with Crippen molar-refractivity contribution < 1.29 is 9.52 Å². The summed E-state index contributed by atoms with van der Waals surface area (Å²) in [5.41, 5.74) is 5.66. The van der Waals surface area contributed by atoms with Crippen LogP contribution < -0.4 is 5.73 Å². The zero-order chi connectivity index (χ0) is 10.9. The van der Waals surface area contributed by atoms with E-state index in [1.165, 1.54) is 0 Å². The summed E-state index contributed by atoms with van der Waals surface area (Å²) in [4.78, 5) is 0. The molecule has 0 saturated carbocycles. The van der Waals surface area contributed by atoms with E-state index >= 15 is 0 Å². The Labute approximate surface area is 84.9 Å². The van der Waals surface area contributed by atoms with Gasteiger partial charge in [0, 0.05) is 0 Å². The molecule has 14 heavy (non-hydrogen) atoms. The lowest BCUT2D eigenvalue weighted by Crippen LogP contribution is -2.36. The predicted molar refractivity (Wildman–Crippen MR) is 55.8 cm³/mol. The van der Waals surface area contributed by atoms with Gasteiger partial charge in [0.1, 0.15) is 11.5 Å². The number of nitrogens with two attached hydrogens (primary N) is 1. The van der Waals surface area contributed by atoms with Gasteiger partial charge in [-0.15, -0.1) is 0 Å². The Morgan fingerprint density at radius 1 is 1.36 bits per heavy atom. The number of hydrogen-bond donors (Lipinski definition) is 2. The van der Waals surface area contributed by atoms with Crippen molar-refractivity contribution in [2.24, 2.45) is 11.1 Å². The van der Waals surface area contributed by atoms with Crippen LogP contribution in [-0.4, -0.2) is 11.2 Å². The number of aliphatic hydroxyl groups is 1. The second-order valence-electron chi connectivity index (χ2n) is 4.79. The molecule has 3 N–H and O–H groups in total. The van der Waals surface area contributed by atoms with Crippen LogP contribution in [0.3, 0.4) is 0 Å². The van der Waals surface area contributed by atoms with Gasteiger partial charge in [-0.3, -0.25) is 0 Å². The normalized spacial score (nSPS) is 16.7. The van der Waals surface area contributed by atoms with Gasteiger partial charge < -0.3 is 15.3 Å². The number of aryl methyl sites for hydroxylation is 1. The molecule has 0 amide bonds. The second kappa shape index (κ2) is 3.75. The van der Waals surface area contributed by atoms with Gasteiger partial charge in [0.15, 0.2) is 0 Å². The van der Waals surface area contributed by atoms with Gasteiger partial charge in [0.2, 0.25) is 0 Å². The molecule has 0 spiro atoms. The first kappa shape index (κ1) is 11.3. The molecule has 3 heteroatoms. The Balaban J connectivity index is 2.80. The molecule has 1 aromatic heterocycles. The van der Waals surface area contributed by atoms with Crippen molar-refractivity contribution in [1.82, 2.24) is 0 Å². The van der Waals surface area contributed by atoms with Crippen LogP contribution >= 0.6 is 0 Å². The van der Waals surface area contributed by atoms with Crippen LogP contribution in [0.25, 0.3) is 0 Å². The van der Waals surface area contributed by atoms with E-state index in [9.17, 15) is 5.11 Å². The average Bonchev–Trinajstić information content (AvgIpc) is 2.47. The smallest absolute Gasteiger partial charge is 0.123 e. The van der Waals surface area contributed by atoms with Crippen LogP contribution in [0.1, 0.15) is 38.3 Å². The highest BCUT2D eigenvalue weighted by Gasteiger charge is 2.30. The van der Waals surface area contributed by atoms with E-state index in [-0.39, 0.29) is 5.41 Å². The monoisotopic (exact) mass is 197 g/mol. The predicted octanol–water partition coefficient (Wildman–Crippen LogP) is 1.99. The maximum atomic E-state index is 9.93. The molecule has 0 unspecified atom stereocenters. The fourth-order valence-corrected chi connectivity index (χ4v) is 1.33. The quantitative estimate of drug-likeness (QED) is 0.762. The molecule has 0 aliphatic heterocycles. The summed E-state index contributed by atoms with van der Waals surface area (Å²) in [6.07, 6.45) is -0.604. The summed E-state index contributed by atoms with van der Waals surface area (Å²) in [7, 11) is 0. The molecule has 0 fully saturated rings. The summed E-state index contributed by atoms with van der Waals surface area (Å²) in [5, 5.41) is 9.93. The Morgan fingerprint density at radius 2 is 1.93 bits per heavy atom. The minimum absolute atomic E-state index is 0.236. The Kier molecular flexibility index (Phi) is 3.02. The lowest BCUT2D eigenvalue weighted by molar-refractivity contribution is 0.0340. The van der Waals surface area contributed by atoms with E-state index < -0.39 is 12.1 Å². The van der Waals surface area contributed by atoms with Crippen molar-refractivity contribution in [2.75, 3.05) is 0 Å². The second-order valence-corrected chi connectivity index (χ2v) is 4.79.